The number of aromatic amines is 1. The fourth-order valence-corrected chi connectivity index (χ4v) is 1.78. The number of carbonyl (C=O) groups is 1. The van der Waals surface area contributed by atoms with Crippen LogP contribution in [0.1, 0.15) is 27.3 Å². The van der Waals surface area contributed by atoms with Gasteiger partial charge in [0, 0.05) is 6.42 Å². The first-order valence-corrected chi connectivity index (χ1v) is 5.37. The molecule has 0 aliphatic heterocycles. The lowest BCUT2D eigenvalue weighted by molar-refractivity contribution is -0.141. The van der Waals surface area contributed by atoms with Gasteiger partial charge in [-0.1, -0.05) is 30.3 Å². The van der Waals surface area contributed by atoms with Gasteiger partial charge in [-0.25, -0.2) is 0 Å². The molecule has 0 aliphatic carbocycles. The number of H-pyrrole nitrogens is 1. The molecule has 0 bridgehead atoms. The van der Waals surface area contributed by atoms with Gasteiger partial charge in [0.2, 0.25) is 0 Å². The first-order valence-electron chi connectivity index (χ1n) is 5.37. The first-order chi connectivity index (χ1) is 8.89. The van der Waals surface area contributed by atoms with Crippen LogP contribution < -0.4 is 5.73 Å². The zero-order valence-corrected chi connectivity index (χ0v) is 9.66. The molecule has 100 valence electrons. The topological polar surface area (TPSA) is 71.8 Å². The Morgan fingerprint density at radius 1 is 1.26 bits per heavy atom. The van der Waals surface area contributed by atoms with Crippen molar-refractivity contribution in [2.75, 3.05) is 0 Å². The SMILES string of the molecule is NC(=O)c1c(C(F)(F)F)n[nH]c1Cc1ccccc1. The number of alkyl halides is 3. The maximum atomic E-state index is 12.7. The average Bonchev–Trinajstić information content (AvgIpc) is 2.74. The second-order valence-corrected chi connectivity index (χ2v) is 3.95. The Labute approximate surface area is 106 Å². The largest absolute Gasteiger partial charge is 0.435 e. The van der Waals surface area contributed by atoms with Crippen LogP contribution in [0, 0.1) is 0 Å². The lowest BCUT2D eigenvalue weighted by atomic mass is 10.0. The van der Waals surface area contributed by atoms with E-state index >= 15 is 0 Å². The van der Waals surface area contributed by atoms with Gasteiger partial charge in [-0.2, -0.15) is 18.3 Å². The van der Waals surface area contributed by atoms with Crippen molar-refractivity contribution >= 4 is 5.91 Å². The Hall–Kier alpha value is -2.31. The number of primary amides is 1. The van der Waals surface area contributed by atoms with Crippen molar-refractivity contribution in [1.29, 1.82) is 0 Å². The van der Waals surface area contributed by atoms with Crippen molar-refractivity contribution in [3.63, 3.8) is 0 Å². The summed E-state index contributed by atoms with van der Waals surface area (Å²) in [6.07, 6.45) is -4.59. The molecule has 19 heavy (non-hydrogen) atoms. The Kier molecular flexibility index (Phi) is 3.28. The van der Waals surface area contributed by atoms with Gasteiger partial charge in [-0.3, -0.25) is 9.89 Å². The van der Waals surface area contributed by atoms with E-state index in [-0.39, 0.29) is 12.1 Å². The summed E-state index contributed by atoms with van der Waals surface area (Å²) >= 11 is 0. The summed E-state index contributed by atoms with van der Waals surface area (Å²) in [4.78, 5) is 11.2. The highest BCUT2D eigenvalue weighted by atomic mass is 19.4. The van der Waals surface area contributed by atoms with E-state index in [0.29, 0.717) is 0 Å². The predicted octanol–water partition coefficient (Wildman–Crippen LogP) is 2.12. The number of carbonyl (C=O) groups excluding carboxylic acids is 1. The van der Waals surface area contributed by atoms with Gasteiger partial charge in [-0.05, 0) is 5.56 Å². The van der Waals surface area contributed by atoms with E-state index in [0.717, 1.165) is 5.56 Å². The predicted molar refractivity (Wildman–Crippen MR) is 61.4 cm³/mol. The maximum Gasteiger partial charge on any atom is 0.435 e. The van der Waals surface area contributed by atoms with E-state index in [9.17, 15) is 18.0 Å². The minimum Gasteiger partial charge on any atom is -0.365 e. The number of rotatable bonds is 3. The van der Waals surface area contributed by atoms with Crippen LogP contribution >= 0.6 is 0 Å². The fraction of sp³-hybridized carbons (Fsp3) is 0.167. The Bertz CT molecular complexity index is 590. The second-order valence-electron chi connectivity index (χ2n) is 3.95. The van der Waals surface area contributed by atoms with Crippen LogP contribution in [0.5, 0.6) is 0 Å². The zero-order valence-electron chi connectivity index (χ0n) is 9.66. The molecule has 1 aromatic heterocycles. The third kappa shape index (κ3) is 2.75. The highest BCUT2D eigenvalue weighted by molar-refractivity contribution is 5.95. The van der Waals surface area contributed by atoms with Gasteiger partial charge in [0.1, 0.15) is 0 Å². The molecule has 0 radical (unpaired) electrons. The standard InChI is InChI=1S/C12H10F3N3O/c13-12(14,15)10-9(11(16)19)8(17-18-10)6-7-4-2-1-3-5-7/h1-5H,6H2,(H2,16,19)(H,17,18). The number of aromatic nitrogens is 2. The van der Waals surface area contributed by atoms with Crippen molar-refractivity contribution in [3.8, 4) is 0 Å². The quantitative estimate of drug-likeness (QED) is 0.895. The number of nitrogens with two attached hydrogens (primary N) is 1. The minimum atomic E-state index is -4.71. The lowest BCUT2D eigenvalue weighted by Gasteiger charge is -2.05. The summed E-state index contributed by atoms with van der Waals surface area (Å²) in [5.74, 6) is -1.15. The zero-order chi connectivity index (χ0) is 14.0. The molecule has 0 aliphatic rings. The number of benzene rings is 1. The van der Waals surface area contributed by atoms with Gasteiger partial charge >= 0.3 is 6.18 Å². The molecule has 0 saturated carbocycles. The third-order valence-corrected chi connectivity index (χ3v) is 2.58. The van der Waals surface area contributed by atoms with Crippen molar-refractivity contribution in [1.82, 2.24) is 10.2 Å². The van der Waals surface area contributed by atoms with Crippen LogP contribution in [-0.4, -0.2) is 16.1 Å². The van der Waals surface area contributed by atoms with Crippen LogP contribution in [0.4, 0.5) is 13.2 Å². The second kappa shape index (κ2) is 4.75. The van der Waals surface area contributed by atoms with Crippen LogP contribution in [0.15, 0.2) is 30.3 Å². The Morgan fingerprint density at radius 3 is 2.42 bits per heavy atom. The van der Waals surface area contributed by atoms with Crippen LogP contribution in [0.2, 0.25) is 0 Å². The number of hydrogen-bond donors (Lipinski definition) is 2. The molecule has 2 aromatic rings. The van der Waals surface area contributed by atoms with Gasteiger partial charge in [0.25, 0.3) is 5.91 Å². The van der Waals surface area contributed by atoms with Gasteiger partial charge in [-0.15, -0.1) is 0 Å². The molecule has 2 rings (SSSR count). The number of halogens is 3. The molecule has 0 unspecified atom stereocenters. The Morgan fingerprint density at radius 2 is 1.89 bits per heavy atom. The molecule has 1 aromatic carbocycles. The van der Waals surface area contributed by atoms with Crippen LogP contribution in [0.3, 0.4) is 0 Å². The summed E-state index contributed by atoms with van der Waals surface area (Å²) in [7, 11) is 0. The molecule has 0 fully saturated rings. The first kappa shape index (κ1) is 13.1. The summed E-state index contributed by atoms with van der Waals surface area (Å²) < 4.78 is 38.0. The van der Waals surface area contributed by atoms with Crippen LogP contribution in [-0.2, 0) is 12.6 Å². The van der Waals surface area contributed by atoms with E-state index in [2.05, 4.69) is 10.2 Å². The molecule has 4 nitrogen and oxygen atoms in total. The number of hydrogen-bond acceptors (Lipinski definition) is 2. The maximum absolute atomic E-state index is 12.7. The monoisotopic (exact) mass is 269 g/mol. The van der Waals surface area contributed by atoms with Gasteiger partial charge < -0.3 is 5.73 Å². The minimum absolute atomic E-state index is 0.0611. The molecule has 0 spiro atoms. The molecule has 3 N–H and O–H groups in total. The van der Waals surface area contributed by atoms with Crippen molar-refractivity contribution in [2.24, 2.45) is 5.73 Å². The Balaban J connectivity index is 2.42. The molecule has 0 atom stereocenters. The average molecular weight is 269 g/mol. The normalized spacial score (nSPS) is 11.5. The van der Waals surface area contributed by atoms with E-state index < -0.39 is 23.3 Å². The van der Waals surface area contributed by atoms with Crippen LogP contribution in [0.25, 0.3) is 0 Å². The lowest BCUT2D eigenvalue weighted by Crippen LogP contribution is -2.19. The van der Waals surface area contributed by atoms with E-state index in [1.165, 1.54) is 0 Å². The number of nitrogens with zero attached hydrogens (tertiary/aromatic N) is 1. The van der Waals surface area contributed by atoms with Gasteiger partial charge in [0.15, 0.2) is 5.69 Å². The smallest absolute Gasteiger partial charge is 0.365 e. The van der Waals surface area contributed by atoms with E-state index in [4.69, 9.17) is 5.73 Å². The van der Waals surface area contributed by atoms with Crippen molar-refractivity contribution in [3.05, 3.63) is 52.8 Å². The molecule has 1 heterocycles. The fourth-order valence-electron chi connectivity index (χ4n) is 1.78. The summed E-state index contributed by atoms with van der Waals surface area (Å²) in [5.41, 5.74) is 3.95. The number of amides is 1. The highest BCUT2D eigenvalue weighted by Crippen LogP contribution is 2.31. The molecular weight excluding hydrogens is 259 g/mol. The molecule has 7 heteroatoms. The highest BCUT2D eigenvalue weighted by Gasteiger charge is 2.39. The molecule has 1 amide bonds. The third-order valence-electron chi connectivity index (χ3n) is 2.58. The summed E-state index contributed by atoms with van der Waals surface area (Å²) in [6.45, 7) is 0. The van der Waals surface area contributed by atoms with E-state index in [1.807, 2.05) is 0 Å². The number of nitrogens with one attached hydrogen (secondary N) is 1. The molecular formula is C12H10F3N3O. The van der Waals surface area contributed by atoms with Crippen molar-refractivity contribution < 1.29 is 18.0 Å². The van der Waals surface area contributed by atoms with Gasteiger partial charge in [0.05, 0.1) is 11.3 Å². The molecule has 0 saturated heterocycles. The van der Waals surface area contributed by atoms with E-state index in [1.54, 1.807) is 30.3 Å². The van der Waals surface area contributed by atoms with Crippen molar-refractivity contribution in [2.45, 2.75) is 12.6 Å². The summed E-state index contributed by atoms with van der Waals surface area (Å²) in [6, 6.07) is 8.75. The summed E-state index contributed by atoms with van der Waals surface area (Å²) in [5, 5.41) is 5.39.